The van der Waals surface area contributed by atoms with Crippen molar-refractivity contribution in [1.82, 2.24) is 25.2 Å². The SMILES string of the molecule is O=C(NNc1ncnc2c1cnn2-c1ccc(Cl)cc1)c1cccc(O)c1. The van der Waals surface area contributed by atoms with E-state index in [-0.39, 0.29) is 5.75 Å². The van der Waals surface area contributed by atoms with Crippen LogP contribution in [0.4, 0.5) is 5.82 Å². The summed E-state index contributed by atoms with van der Waals surface area (Å²) in [6.45, 7) is 0. The van der Waals surface area contributed by atoms with Crippen molar-refractivity contribution in [2.75, 3.05) is 5.43 Å². The highest BCUT2D eigenvalue weighted by Gasteiger charge is 2.12. The van der Waals surface area contributed by atoms with Crippen molar-refractivity contribution in [2.45, 2.75) is 0 Å². The lowest BCUT2D eigenvalue weighted by molar-refractivity contribution is 0.0962. The molecule has 3 N–H and O–H groups in total. The first kappa shape index (κ1) is 16.8. The van der Waals surface area contributed by atoms with Crippen molar-refractivity contribution in [3.8, 4) is 11.4 Å². The fourth-order valence-electron chi connectivity index (χ4n) is 2.55. The summed E-state index contributed by atoms with van der Waals surface area (Å²) in [6.07, 6.45) is 2.98. The lowest BCUT2D eigenvalue weighted by Crippen LogP contribution is -2.29. The quantitative estimate of drug-likeness (QED) is 0.470. The normalized spacial score (nSPS) is 10.7. The minimum atomic E-state index is -0.414. The first-order valence-corrected chi connectivity index (χ1v) is 8.30. The Hall–Kier alpha value is -3.65. The molecule has 27 heavy (non-hydrogen) atoms. The Labute approximate surface area is 158 Å². The highest BCUT2D eigenvalue weighted by molar-refractivity contribution is 6.30. The maximum absolute atomic E-state index is 12.2. The molecule has 134 valence electrons. The Morgan fingerprint density at radius 3 is 2.70 bits per heavy atom. The Morgan fingerprint density at radius 1 is 1.11 bits per heavy atom. The van der Waals surface area contributed by atoms with Crippen LogP contribution >= 0.6 is 11.6 Å². The second-order valence-corrected chi connectivity index (χ2v) is 6.06. The number of hydrazine groups is 1. The molecule has 0 saturated carbocycles. The van der Waals surface area contributed by atoms with E-state index in [4.69, 9.17) is 11.6 Å². The third kappa shape index (κ3) is 3.38. The van der Waals surface area contributed by atoms with Crippen LogP contribution in [0.1, 0.15) is 10.4 Å². The first-order valence-electron chi connectivity index (χ1n) is 7.92. The van der Waals surface area contributed by atoms with Crippen molar-refractivity contribution in [3.05, 3.63) is 71.6 Å². The topological polar surface area (TPSA) is 105 Å². The van der Waals surface area contributed by atoms with Gasteiger partial charge in [0.15, 0.2) is 11.5 Å². The van der Waals surface area contributed by atoms with Crippen LogP contribution in [0.2, 0.25) is 5.02 Å². The summed E-state index contributed by atoms with van der Waals surface area (Å²) in [5.41, 5.74) is 6.99. The summed E-state index contributed by atoms with van der Waals surface area (Å²) < 4.78 is 1.65. The van der Waals surface area contributed by atoms with Gasteiger partial charge in [-0.25, -0.2) is 14.6 Å². The molecule has 8 nitrogen and oxygen atoms in total. The number of anilines is 1. The van der Waals surface area contributed by atoms with E-state index in [1.807, 2.05) is 12.1 Å². The van der Waals surface area contributed by atoms with Crippen molar-refractivity contribution in [3.63, 3.8) is 0 Å². The molecule has 0 aliphatic heterocycles. The first-order chi connectivity index (χ1) is 13.1. The van der Waals surface area contributed by atoms with Crippen molar-refractivity contribution in [2.24, 2.45) is 0 Å². The van der Waals surface area contributed by atoms with E-state index in [2.05, 4.69) is 25.9 Å². The summed E-state index contributed by atoms with van der Waals surface area (Å²) in [5, 5.41) is 15.1. The Kier molecular flexibility index (Phi) is 4.31. The summed E-state index contributed by atoms with van der Waals surface area (Å²) >= 11 is 5.93. The van der Waals surface area contributed by atoms with Gasteiger partial charge >= 0.3 is 0 Å². The predicted molar refractivity (Wildman–Crippen MR) is 101 cm³/mol. The highest BCUT2D eigenvalue weighted by Crippen LogP contribution is 2.22. The largest absolute Gasteiger partial charge is 0.508 e. The van der Waals surface area contributed by atoms with E-state index >= 15 is 0 Å². The number of hydrogen-bond donors (Lipinski definition) is 3. The number of nitrogens with zero attached hydrogens (tertiary/aromatic N) is 4. The summed E-state index contributed by atoms with van der Waals surface area (Å²) in [7, 11) is 0. The molecule has 9 heteroatoms. The van der Waals surface area contributed by atoms with Crippen molar-refractivity contribution < 1.29 is 9.90 Å². The van der Waals surface area contributed by atoms with E-state index in [1.165, 1.54) is 18.5 Å². The third-order valence-electron chi connectivity index (χ3n) is 3.84. The van der Waals surface area contributed by atoms with Crippen LogP contribution in [-0.2, 0) is 0 Å². The van der Waals surface area contributed by atoms with Gasteiger partial charge in [-0.15, -0.1) is 0 Å². The molecule has 0 atom stereocenters. The molecule has 0 aliphatic rings. The van der Waals surface area contributed by atoms with Crippen LogP contribution < -0.4 is 10.9 Å². The summed E-state index contributed by atoms with van der Waals surface area (Å²) in [5.74, 6) is -0.00668. The lowest BCUT2D eigenvalue weighted by Gasteiger charge is -2.09. The number of fused-ring (bicyclic) bond motifs is 1. The number of benzene rings is 2. The van der Waals surface area contributed by atoms with E-state index in [0.29, 0.717) is 27.4 Å². The minimum absolute atomic E-state index is 0.0105. The maximum atomic E-state index is 12.2. The van der Waals surface area contributed by atoms with Crippen LogP contribution in [0.15, 0.2) is 61.1 Å². The number of phenols is 1. The van der Waals surface area contributed by atoms with E-state index in [9.17, 15) is 9.90 Å². The minimum Gasteiger partial charge on any atom is -0.508 e. The van der Waals surface area contributed by atoms with Gasteiger partial charge in [-0.1, -0.05) is 17.7 Å². The van der Waals surface area contributed by atoms with Gasteiger partial charge in [0.2, 0.25) is 0 Å². The fraction of sp³-hybridized carbons (Fsp3) is 0. The molecule has 2 aromatic carbocycles. The van der Waals surface area contributed by atoms with Gasteiger partial charge in [-0.05, 0) is 42.5 Å². The second kappa shape index (κ2) is 6.93. The molecule has 0 spiro atoms. The molecule has 0 aliphatic carbocycles. The maximum Gasteiger partial charge on any atom is 0.269 e. The Bertz CT molecular complexity index is 1130. The zero-order chi connectivity index (χ0) is 18.8. The predicted octanol–water partition coefficient (Wildman–Crippen LogP) is 2.93. The summed E-state index contributed by atoms with van der Waals surface area (Å²) in [4.78, 5) is 20.6. The average Bonchev–Trinajstić information content (AvgIpc) is 3.11. The van der Waals surface area contributed by atoms with Gasteiger partial charge in [0.1, 0.15) is 12.1 Å². The molecule has 2 aromatic heterocycles. The Balaban J connectivity index is 1.60. The number of carbonyl (C=O) groups excluding carboxylic acids is 1. The number of aromatic nitrogens is 4. The molecule has 2 heterocycles. The van der Waals surface area contributed by atoms with Crippen LogP contribution in [-0.4, -0.2) is 30.8 Å². The zero-order valence-corrected chi connectivity index (χ0v) is 14.6. The van der Waals surface area contributed by atoms with Gasteiger partial charge in [-0.3, -0.25) is 15.6 Å². The fourth-order valence-corrected chi connectivity index (χ4v) is 2.68. The number of rotatable bonds is 4. The van der Waals surface area contributed by atoms with Crippen LogP contribution in [0, 0.1) is 0 Å². The van der Waals surface area contributed by atoms with Gasteiger partial charge in [0.05, 0.1) is 17.3 Å². The second-order valence-electron chi connectivity index (χ2n) is 5.62. The van der Waals surface area contributed by atoms with Crippen LogP contribution in [0.25, 0.3) is 16.7 Å². The molecule has 4 aromatic rings. The third-order valence-corrected chi connectivity index (χ3v) is 4.09. The van der Waals surface area contributed by atoms with E-state index in [0.717, 1.165) is 5.69 Å². The molecule has 4 rings (SSSR count). The van der Waals surface area contributed by atoms with E-state index < -0.39 is 5.91 Å². The van der Waals surface area contributed by atoms with Gasteiger partial charge < -0.3 is 5.11 Å². The molecule has 1 amide bonds. The summed E-state index contributed by atoms with van der Waals surface area (Å²) in [6, 6.07) is 13.2. The number of carbonyl (C=O) groups is 1. The van der Waals surface area contributed by atoms with E-state index in [1.54, 1.807) is 35.1 Å². The standard InChI is InChI=1S/C18H13ClN6O2/c19-12-4-6-13(7-5-12)25-17-15(9-22-25)16(20-10-21-17)23-24-18(27)11-2-1-3-14(26)8-11/h1-10,26H,(H,24,27)(H,20,21,23). The number of nitrogens with one attached hydrogen (secondary N) is 2. The number of aromatic hydroxyl groups is 1. The number of hydrogen-bond acceptors (Lipinski definition) is 6. The van der Waals surface area contributed by atoms with Gasteiger partial charge in [0, 0.05) is 10.6 Å². The molecular weight excluding hydrogens is 368 g/mol. The molecule has 0 bridgehead atoms. The molecule has 0 radical (unpaired) electrons. The molecule has 0 unspecified atom stereocenters. The Morgan fingerprint density at radius 2 is 1.93 bits per heavy atom. The average molecular weight is 381 g/mol. The van der Waals surface area contributed by atoms with Crippen molar-refractivity contribution >= 4 is 34.4 Å². The zero-order valence-electron chi connectivity index (χ0n) is 13.8. The van der Waals surface area contributed by atoms with Crippen LogP contribution in [0.3, 0.4) is 0 Å². The van der Waals surface area contributed by atoms with Crippen LogP contribution in [0.5, 0.6) is 5.75 Å². The highest BCUT2D eigenvalue weighted by atomic mass is 35.5. The van der Waals surface area contributed by atoms with Gasteiger partial charge in [-0.2, -0.15) is 5.10 Å². The molecular formula is C18H13ClN6O2. The molecule has 0 saturated heterocycles. The monoisotopic (exact) mass is 380 g/mol. The van der Waals surface area contributed by atoms with Gasteiger partial charge in [0.25, 0.3) is 5.91 Å². The number of phenolic OH excluding ortho intramolecular Hbond substituents is 1. The number of amides is 1. The lowest BCUT2D eigenvalue weighted by atomic mass is 10.2. The smallest absolute Gasteiger partial charge is 0.269 e. The number of halogens is 1. The molecule has 0 fully saturated rings. The van der Waals surface area contributed by atoms with Crippen molar-refractivity contribution in [1.29, 1.82) is 0 Å².